The highest BCUT2D eigenvalue weighted by atomic mass is 32.1. The molecule has 168 valence electrons. The number of halogens is 1. The van der Waals surface area contributed by atoms with E-state index in [1.807, 2.05) is 18.2 Å². The van der Waals surface area contributed by atoms with E-state index in [0.717, 1.165) is 39.7 Å². The van der Waals surface area contributed by atoms with E-state index in [2.05, 4.69) is 4.98 Å². The number of hydrogen-bond donors (Lipinski definition) is 1. The van der Waals surface area contributed by atoms with Gasteiger partial charge in [0.15, 0.2) is 0 Å². The number of aromatic nitrogens is 2. The predicted octanol–water partition coefficient (Wildman–Crippen LogP) is 4.59. The van der Waals surface area contributed by atoms with Crippen LogP contribution in [0.15, 0.2) is 59.7 Å². The summed E-state index contributed by atoms with van der Waals surface area (Å²) in [6.45, 7) is 1.05. The van der Waals surface area contributed by atoms with E-state index in [9.17, 15) is 19.1 Å². The zero-order valence-corrected chi connectivity index (χ0v) is 18.3. The van der Waals surface area contributed by atoms with Gasteiger partial charge in [-0.25, -0.2) is 9.18 Å². The van der Waals surface area contributed by atoms with Crippen LogP contribution in [0.4, 0.5) is 9.18 Å². The number of rotatable bonds is 4. The van der Waals surface area contributed by atoms with Crippen LogP contribution in [0.1, 0.15) is 22.6 Å². The summed E-state index contributed by atoms with van der Waals surface area (Å²) < 4.78 is 21.2. The third-order valence-electron chi connectivity index (χ3n) is 5.66. The second kappa shape index (κ2) is 8.67. The summed E-state index contributed by atoms with van der Waals surface area (Å²) in [6, 6.07) is 11.8. The minimum atomic E-state index is -0.898. The summed E-state index contributed by atoms with van der Waals surface area (Å²) >= 11 is 1.61. The Hall–Kier alpha value is -3.72. The van der Waals surface area contributed by atoms with Gasteiger partial charge in [0.05, 0.1) is 18.4 Å². The number of nitrogens with zero attached hydrogens (tertiary/aromatic N) is 3. The average Bonchev–Trinajstić information content (AvgIpc) is 2.99. The molecule has 0 fully saturated rings. The summed E-state index contributed by atoms with van der Waals surface area (Å²) in [7, 11) is 0. The first-order valence-electron chi connectivity index (χ1n) is 10.5. The van der Waals surface area contributed by atoms with Crippen LogP contribution in [-0.2, 0) is 19.6 Å². The number of amides is 1. The normalized spacial score (nSPS) is 13.5. The Morgan fingerprint density at radius 3 is 2.85 bits per heavy atom. The van der Waals surface area contributed by atoms with Crippen LogP contribution >= 0.6 is 11.3 Å². The van der Waals surface area contributed by atoms with Gasteiger partial charge in [-0.05, 0) is 60.2 Å². The number of pyridine rings is 2. The maximum absolute atomic E-state index is 13.0. The Labute approximate surface area is 192 Å². The molecule has 5 rings (SSSR count). The molecule has 1 aromatic carbocycles. The number of aryl methyl sites for hydroxylation is 1. The van der Waals surface area contributed by atoms with Gasteiger partial charge in [0.2, 0.25) is 0 Å². The molecule has 0 saturated carbocycles. The lowest BCUT2D eigenvalue weighted by Crippen LogP contribution is -2.28. The van der Waals surface area contributed by atoms with Gasteiger partial charge in [-0.2, -0.15) is 0 Å². The van der Waals surface area contributed by atoms with Crippen molar-refractivity contribution < 1.29 is 19.0 Å². The zero-order chi connectivity index (χ0) is 22.9. The van der Waals surface area contributed by atoms with Gasteiger partial charge in [0.1, 0.15) is 18.2 Å². The Balaban J connectivity index is 1.41. The Kier molecular flexibility index (Phi) is 5.55. The molecule has 7 nitrogen and oxygen atoms in total. The molecule has 33 heavy (non-hydrogen) atoms. The summed E-state index contributed by atoms with van der Waals surface area (Å²) in [6.07, 6.45) is 3.46. The Morgan fingerprint density at radius 2 is 2.09 bits per heavy atom. The third-order valence-corrected chi connectivity index (χ3v) is 6.86. The summed E-state index contributed by atoms with van der Waals surface area (Å²) in [5, 5.41) is 10.5. The standard InChI is InChI=1S/C24H20FN3O4S/c25-15-3-4-16(26-12-15)14-32-18-7-9-28(23(29)11-18)17-5-6-21-20(10-17)19-2-1-8-27(24(30)31)13-22(19)33-21/h3-7,9-12H,1-2,8,13-14H2,(H,30,31). The van der Waals surface area contributed by atoms with Crippen LogP contribution in [0, 0.1) is 5.82 Å². The van der Waals surface area contributed by atoms with E-state index >= 15 is 0 Å². The number of fused-ring (bicyclic) bond motifs is 3. The SMILES string of the molecule is O=C(O)N1CCCc2c(sc3ccc(-n4ccc(OCc5ccc(F)cn5)cc4=O)cc23)C1. The van der Waals surface area contributed by atoms with E-state index in [4.69, 9.17) is 4.74 Å². The molecule has 0 bridgehead atoms. The second-order valence-electron chi connectivity index (χ2n) is 7.82. The van der Waals surface area contributed by atoms with E-state index in [-0.39, 0.29) is 12.2 Å². The first-order valence-corrected chi connectivity index (χ1v) is 11.3. The number of hydrogen-bond acceptors (Lipinski definition) is 5. The Bertz CT molecular complexity index is 1400. The van der Waals surface area contributed by atoms with Crippen molar-refractivity contribution in [2.24, 2.45) is 0 Å². The number of carbonyl (C=O) groups is 1. The number of thiophene rings is 1. The van der Waals surface area contributed by atoms with Crippen LogP contribution < -0.4 is 10.3 Å². The highest BCUT2D eigenvalue weighted by molar-refractivity contribution is 7.19. The van der Waals surface area contributed by atoms with Crippen LogP contribution in [0.3, 0.4) is 0 Å². The van der Waals surface area contributed by atoms with Crippen molar-refractivity contribution in [3.63, 3.8) is 0 Å². The topological polar surface area (TPSA) is 84.7 Å². The van der Waals surface area contributed by atoms with Gasteiger partial charge in [0, 0.05) is 34.1 Å². The van der Waals surface area contributed by atoms with Gasteiger partial charge in [-0.3, -0.25) is 14.3 Å². The van der Waals surface area contributed by atoms with Crippen LogP contribution in [-0.4, -0.2) is 32.2 Å². The largest absolute Gasteiger partial charge is 0.487 e. The summed E-state index contributed by atoms with van der Waals surface area (Å²) in [5.41, 5.74) is 2.22. The van der Waals surface area contributed by atoms with Gasteiger partial charge in [0.25, 0.3) is 5.56 Å². The molecule has 1 aliphatic heterocycles. The summed E-state index contributed by atoms with van der Waals surface area (Å²) in [4.78, 5) is 30.7. The van der Waals surface area contributed by atoms with Gasteiger partial charge in [-0.1, -0.05) is 0 Å². The molecular formula is C24H20FN3O4S. The fraction of sp³-hybridized carbons (Fsp3) is 0.208. The lowest BCUT2D eigenvalue weighted by Gasteiger charge is -2.15. The molecule has 9 heteroatoms. The Morgan fingerprint density at radius 1 is 1.21 bits per heavy atom. The fourth-order valence-electron chi connectivity index (χ4n) is 4.01. The first-order chi connectivity index (χ1) is 16.0. The maximum Gasteiger partial charge on any atom is 0.407 e. The van der Waals surface area contributed by atoms with Gasteiger partial charge in [-0.15, -0.1) is 11.3 Å². The predicted molar refractivity (Wildman–Crippen MR) is 123 cm³/mol. The number of benzene rings is 1. The average molecular weight is 466 g/mol. The summed E-state index contributed by atoms with van der Waals surface area (Å²) in [5.74, 6) is -0.0124. The van der Waals surface area contributed by atoms with Crippen molar-refractivity contribution in [1.29, 1.82) is 0 Å². The van der Waals surface area contributed by atoms with Gasteiger partial charge < -0.3 is 14.7 Å². The highest BCUT2D eigenvalue weighted by Gasteiger charge is 2.22. The van der Waals surface area contributed by atoms with E-state index in [1.165, 1.54) is 28.7 Å². The van der Waals surface area contributed by atoms with E-state index < -0.39 is 11.9 Å². The third kappa shape index (κ3) is 4.31. The molecule has 1 amide bonds. The molecule has 1 N–H and O–H groups in total. The highest BCUT2D eigenvalue weighted by Crippen LogP contribution is 2.36. The molecule has 0 atom stereocenters. The lowest BCUT2D eigenvalue weighted by molar-refractivity contribution is 0.143. The van der Waals surface area contributed by atoms with Crippen LogP contribution in [0.2, 0.25) is 0 Å². The molecule has 4 aromatic rings. The number of ether oxygens (including phenoxy) is 1. The molecular weight excluding hydrogens is 445 g/mol. The second-order valence-corrected chi connectivity index (χ2v) is 8.96. The van der Waals surface area contributed by atoms with Crippen molar-refractivity contribution in [3.8, 4) is 11.4 Å². The molecule has 1 aliphatic rings. The van der Waals surface area contributed by atoms with Crippen molar-refractivity contribution >= 4 is 27.5 Å². The van der Waals surface area contributed by atoms with Crippen molar-refractivity contribution in [3.05, 3.63) is 87.2 Å². The molecule has 3 aromatic heterocycles. The minimum absolute atomic E-state index is 0.129. The van der Waals surface area contributed by atoms with Crippen molar-refractivity contribution in [1.82, 2.24) is 14.5 Å². The van der Waals surface area contributed by atoms with Crippen molar-refractivity contribution in [2.75, 3.05) is 6.54 Å². The van der Waals surface area contributed by atoms with Crippen molar-refractivity contribution in [2.45, 2.75) is 26.0 Å². The number of carboxylic acid groups (broad SMARTS) is 1. The van der Waals surface area contributed by atoms with Crippen LogP contribution in [0.5, 0.6) is 5.75 Å². The first kappa shape index (κ1) is 21.1. The molecule has 0 saturated heterocycles. The van der Waals surface area contributed by atoms with E-state index in [0.29, 0.717) is 24.5 Å². The molecule has 0 aliphatic carbocycles. The van der Waals surface area contributed by atoms with E-state index in [1.54, 1.807) is 28.2 Å². The molecule has 0 unspecified atom stereocenters. The smallest absolute Gasteiger partial charge is 0.407 e. The lowest BCUT2D eigenvalue weighted by atomic mass is 10.1. The minimum Gasteiger partial charge on any atom is -0.487 e. The van der Waals surface area contributed by atoms with Crippen LogP contribution in [0.25, 0.3) is 15.8 Å². The molecule has 0 spiro atoms. The monoisotopic (exact) mass is 465 g/mol. The fourth-order valence-corrected chi connectivity index (χ4v) is 5.26. The zero-order valence-electron chi connectivity index (χ0n) is 17.5. The quantitative estimate of drug-likeness (QED) is 0.477. The molecule has 0 radical (unpaired) electrons. The maximum atomic E-state index is 13.0. The molecule has 4 heterocycles. The van der Waals surface area contributed by atoms with Gasteiger partial charge >= 0.3 is 6.09 Å².